The largest absolute Gasteiger partial charge is 0.340 e. The van der Waals surface area contributed by atoms with E-state index in [-0.39, 0.29) is 16.7 Å². The molecule has 1 saturated carbocycles. The Bertz CT molecular complexity index is 684. The van der Waals surface area contributed by atoms with Crippen molar-refractivity contribution in [2.75, 3.05) is 26.2 Å². The summed E-state index contributed by atoms with van der Waals surface area (Å²) in [5, 5.41) is 0.401. The quantitative estimate of drug-likeness (QED) is 0.842. The van der Waals surface area contributed by atoms with Crippen LogP contribution >= 0.6 is 11.6 Å². The van der Waals surface area contributed by atoms with Gasteiger partial charge in [-0.2, -0.15) is 4.31 Å². The van der Waals surface area contributed by atoms with Gasteiger partial charge in [0.05, 0.1) is 4.90 Å². The van der Waals surface area contributed by atoms with Gasteiger partial charge in [-0.3, -0.25) is 4.79 Å². The Morgan fingerprint density at radius 1 is 1.23 bits per heavy atom. The van der Waals surface area contributed by atoms with Crippen molar-refractivity contribution >= 4 is 27.5 Å². The van der Waals surface area contributed by atoms with Crippen molar-refractivity contribution in [3.8, 4) is 0 Å². The number of rotatable bonds is 3. The van der Waals surface area contributed by atoms with Crippen molar-refractivity contribution in [2.24, 2.45) is 11.8 Å². The Kier molecular flexibility index (Phi) is 4.18. The summed E-state index contributed by atoms with van der Waals surface area (Å²) >= 11 is 5.87. The van der Waals surface area contributed by atoms with Crippen LogP contribution in [0.25, 0.3) is 0 Å². The molecule has 7 heteroatoms. The van der Waals surface area contributed by atoms with Gasteiger partial charge in [-0.25, -0.2) is 8.42 Å². The van der Waals surface area contributed by atoms with Crippen LogP contribution in [0.2, 0.25) is 5.02 Å². The number of hydrogen-bond acceptors (Lipinski definition) is 3. The first-order valence-corrected chi connectivity index (χ1v) is 9.26. The van der Waals surface area contributed by atoms with Crippen LogP contribution in [-0.4, -0.2) is 49.7 Å². The Morgan fingerprint density at radius 2 is 1.86 bits per heavy atom. The molecule has 1 heterocycles. The molecule has 1 aliphatic carbocycles. The lowest BCUT2D eigenvalue weighted by Crippen LogP contribution is -2.51. The zero-order valence-corrected chi connectivity index (χ0v) is 14.0. The first-order chi connectivity index (χ1) is 10.4. The number of carbonyl (C=O) groups excluding carboxylic acids is 1. The summed E-state index contributed by atoms with van der Waals surface area (Å²) in [6.07, 6.45) is 0.958. The zero-order chi connectivity index (χ0) is 15.9. The third-order valence-corrected chi connectivity index (χ3v) is 6.54. The van der Waals surface area contributed by atoms with E-state index in [0.717, 1.165) is 6.42 Å². The number of sulfonamides is 1. The van der Waals surface area contributed by atoms with Gasteiger partial charge < -0.3 is 4.90 Å². The topological polar surface area (TPSA) is 57.7 Å². The molecular weight excluding hydrogens is 324 g/mol. The summed E-state index contributed by atoms with van der Waals surface area (Å²) in [7, 11) is -3.54. The number of piperazine rings is 1. The van der Waals surface area contributed by atoms with E-state index in [4.69, 9.17) is 11.6 Å². The van der Waals surface area contributed by atoms with Crippen LogP contribution < -0.4 is 0 Å². The summed E-state index contributed by atoms with van der Waals surface area (Å²) < 4.78 is 26.6. The third kappa shape index (κ3) is 3.00. The monoisotopic (exact) mass is 342 g/mol. The minimum atomic E-state index is -3.54. The average Bonchev–Trinajstić information content (AvgIpc) is 3.23. The van der Waals surface area contributed by atoms with Crippen molar-refractivity contribution in [3.05, 3.63) is 29.3 Å². The highest BCUT2D eigenvalue weighted by Gasteiger charge is 2.42. The number of nitrogens with zero attached hydrogens (tertiary/aromatic N) is 2. The van der Waals surface area contributed by atoms with E-state index in [1.54, 1.807) is 23.1 Å². The van der Waals surface area contributed by atoms with Gasteiger partial charge in [-0.1, -0.05) is 24.6 Å². The van der Waals surface area contributed by atoms with Crippen LogP contribution in [0, 0.1) is 11.8 Å². The second-order valence-electron chi connectivity index (χ2n) is 6.01. The molecule has 2 aliphatic rings. The molecule has 2 atom stereocenters. The van der Waals surface area contributed by atoms with Gasteiger partial charge in [-0.05, 0) is 30.5 Å². The molecule has 0 radical (unpaired) electrons. The minimum absolute atomic E-state index is 0.149. The smallest absolute Gasteiger partial charge is 0.243 e. The fourth-order valence-electron chi connectivity index (χ4n) is 2.83. The van der Waals surface area contributed by atoms with Gasteiger partial charge in [0.25, 0.3) is 0 Å². The van der Waals surface area contributed by atoms with Crippen LogP contribution in [0.5, 0.6) is 0 Å². The molecule has 22 heavy (non-hydrogen) atoms. The summed E-state index contributed by atoms with van der Waals surface area (Å²) in [6.45, 7) is 3.66. The van der Waals surface area contributed by atoms with E-state index in [9.17, 15) is 13.2 Å². The fourth-order valence-corrected chi connectivity index (χ4v) is 4.55. The lowest BCUT2D eigenvalue weighted by molar-refractivity contribution is -0.134. The number of halogens is 1. The van der Waals surface area contributed by atoms with Crippen molar-refractivity contribution in [1.82, 2.24) is 9.21 Å². The van der Waals surface area contributed by atoms with E-state index in [1.807, 2.05) is 0 Å². The third-order valence-electron chi connectivity index (χ3n) is 4.41. The van der Waals surface area contributed by atoms with Crippen LogP contribution in [0.1, 0.15) is 13.3 Å². The molecule has 1 saturated heterocycles. The van der Waals surface area contributed by atoms with Crippen LogP contribution in [0.3, 0.4) is 0 Å². The Morgan fingerprint density at radius 3 is 2.41 bits per heavy atom. The van der Waals surface area contributed by atoms with Crippen LogP contribution in [0.4, 0.5) is 0 Å². The highest BCUT2D eigenvalue weighted by Crippen LogP contribution is 2.39. The molecule has 3 rings (SSSR count). The first-order valence-electron chi connectivity index (χ1n) is 7.44. The standard InChI is InChI=1S/C15H19ClN2O3S/c1-11-9-14(11)15(19)17-5-7-18(8-6-17)22(20,21)13-4-2-3-12(16)10-13/h2-4,10-11,14H,5-9H2,1H3/t11-,14-/m0/s1. The highest BCUT2D eigenvalue weighted by atomic mass is 35.5. The molecule has 1 aromatic rings. The van der Waals surface area contributed by atoms with Crippen LogP contribution in [0.15, 0.2) is 29.2 Å². The molecule has 0 unspecified atom stereocenters. The second-order valence-corrected chi connectivity index (χ2v) is 8.38. The van der Waals surface area contributed by atoms with Crippen molar-refractivity contribution < 1.29 is 13.2 Å². The van der Waals surface area contributed by atoms with Gasteiger partial charge in [-0.15, -0.1) is 0 Å². The number of carbonyl (C=O) groups is 1. The van der Waals surface area contributed by atoms with Crippen molar-refractivity contribution in [3.63, 3.8) is 0 Å². The maximum atomic E-state index is 12.6. The van der Waals surface area contributed by atoms with Gasteiger partial charge in [0.2, 0.25) is 15.9 Å². The summed E-state index contributed by atoms with van der Waals surface area (Å²) in [4.78, 5) is 14.2. The molecular formula is C15H19ClN2O3S. The van der Waals surface area contributed by atoms with Gasteiger partial charge in [0.1, 0.15) is 0 Å². The van der Waals surface area contributed by atoms with Gasteiger partial charge >= 0.3 is 0 Å². The summed E-state index contributed by atoms with van der Waals surface area (Å²) in [5.74, 6) is 0.795. The van der Waals surface area contributed by atoms with Crippen LogP contribution in [-0.2, 0) is 14.8 Å². The lowest BCUT2D eigenvalue weighted by atomic mass is 10.2. The van der Waals surface area contributed by atoms with Gasteiger partial charge in [0.15, 0.2) is 0 Å². The first kappa shape index (κ1) is 15.8. The molecule has 1 aromatic carbocycles. The molecule has 5 nitrogen and oxygen atoms in total. The second kappa shape index (κ2) is 5.83. The number of hydrogen-bond donors (Lipinski definition) is 0. The van der Waals surface area contributed by atoms with Crippen molar-refractivity contribution in [1.29, 1.82) is 0 Å². The Balaban J connectivity index is 1.67. The lowest BCUT2D eigenvalue weighted by Gasteiger charge is -2.34. The predicted molar refractivity (Wildman–Crippen MR) is 84.1 cm³/mol. The fraction of sp³-hybridized carbons (Fsp3) is 0.533. The maximum absolute atomic E-state index is 12.6. The minimum Gasteiger partial charge on any atom is -0.340 e. The normalized spacial score (nSPS) is 26.0. The molecule has 0 bridgehead atoms. The Hall–Kier alpha value is -1.11. The highest BCUT2D eigenvalue weighted by molar-refractivity contribution is 7.89. The Labute approximate surface area is 135 Å². The number of amides is 1. The summed E-state index contributed by atoms with van der Waals surface area (Å²) in [6, 6.07) is 6.28. The van der Waals surface area contributed by atoms with E-state index >= 15 is 0 Å². The zero-order valence-electron chi connectivity index (χ0n) is 12.4. The van der Waals surface area contributed by atoms with E-state index < -0.39 is 10.0 Å². The van der Waals surface area contributed by atoms with Crippen molar-refractivity contribution in [2.45, 2.75) is 18.2 Å². The predicted octanol–water partition coefficient (Wildman–Crippen LogP) is 1.83. The number of benzene rings is 1. The molecule has 2 fully saturated rings. The van der Waals surface area contributed by atoms with E-state index in [1.165, 1.54) is 10.4 Å². The molecule has 0 N–H and O–H groups in total. The molecule has 0 aromatic heterocycles. The molecule has 0 spiro atoms. The van der Waals surface area contributed by atoms with E-state index in [0.29, 0.717) is 37.1 Å². The summed E-state index contributed by atoms with van der Waals surface area (Å²) in [5.41, 5.74) is 0. The van der Waals surface area contributed by atoms with Gasteiger partial charge in [0, 0.05) is 37.1 Å². The molecule has 120 valence electrons. The average molecular weight is 343 g/mol. The SMILES string of the molecule is C[C@H]1C[C@@H]1C(=O)N1CCN(S(=O)(=O)c2cccc(Cl)c2)CC1. The molecule has 1 amide bonds. The van der Waals surface area contributed by atoms with E-state index in [2.05, 4.69) is 6.92 Å². The maximum Gasteiger partial charge on any atom is 0.243 e. The molecule has 1 aliphatic heterocycles.